The molecule has 0 N–H and O–H groups in total. The molecule has 0 saturated heterocycles. The van der Waals surface area contributed by atoms with Crippen molar-refractivity contribution < 1.29 is 13.9 Å². The van der Waals surface area contributed by atoms with Crippen LogP contribution in [0.3, 0.4) is 0 Å². The highest BCUT2D eigenvalue weighted by Gasteiger charge is 2.38. The highest BCUT2D eigenvalue weighted by atomic mass is 28.4. The lowest BCUT2D eigenvalue weighted by Gasteiger charge is -2.36. The van der Waals surface area contributed by atoms with Crippen LogP contribution < -0.4 is 9.16 Å². The van der Waals surface area contributed by atoms with E-state index in [9.17, 15) is 0 Å². The van der Waals surface area contributed by atoms with Crippen LogP contribution in [0.2, 0.25) is 18.1 Å². The van der Waals surface area contributed by atoms with Gasteiger partial charge in [-0.05, 0) is 61.3 Å². The quantitative estimate of drug-likeness (QED) is 0.703. The molecule has 1 unspecified atom stereocenters. The molecule has 1 aromatic carbocycles. The van der Waals surface area contributed by atoms with Crippen molar-refractivity contribution in [3.05, 3.63) is 36.6 Å². The first kappa shape index (κ1) is 16.9. The normalized spacial score (nSPS) is 18.7. The molecule has 1 heterocycles. The van der Waals surface area contributed by atoms with Crippen LogP contribution in [0, 0.1) is 0 Å². The van der Waals surface area contributed by atoms with Crippen molar-refractivity contribution in [2.24, 2.45) is 0 Å². The maximum absolute atomic E-state index is 6.27. The summed E-state index contributed by atoms with van der Waals surface area (Å²) in [5, 5.41) is 0.202. The van der Waals surface area contributed by atoms with Crippen LogP contribution in [0.15, 0.2) is 36.6 Å². The van der Waals surface area contributed by atoms with Gasteiger partial charge in [-0.15, -0.1) is 0 Å². The molecule has 0 aromatic heterocycles. The van der Waals surface area contributed by atoms with Crippen molar-refractivity contribution in [2.75, 3.05) is 6.61 Å². The third-order valence-electron chi connectivity index (χ3n) is 4.46. The summed E-state index contributed by atoms with van der Waals surface area (Å²) in [6.45, 7) is 11.8. The number of hydrogen-bond donors (Lipinski definition) is 0. The minimum absolute atomic E-state index is 0.160. The van der Waals surface area contributed by atoms with Crippen molar-refractivity contribution in [3.8, 4) is 11.5 Å². The topological polar surface area (TPSA) is 27.7 Å². The van der Waals surface area contributed by atoms with E-state index < -0.39 is 8.32 Å². The number of benzene rings is 1. The molecule has 0 bridgehead atoms. The van der Waals surface area contributed by atoms with Crippen molar-refractivity contribution in [1.29, 1.82) is 0 Å². The molecular weight excluding hydrogens is 292 g/mol. The van der Waals surface area contributed by atoms with Crippen molar-refractivity contribution in [3.63, 3.8) is 0 Å². The van der Waals surface area contributed by atoms with Crippen LogP contribution in [-0.2, 0) is 4.74 Å². The fourth-order valence-corrected chi connectivity index (χ4v) is 2.98. The van der Waals surface area contributed by atoms with Crippen LogP contribution in [0.25, 0.3) is 0 Å². The molecule has 1 aliphatic heterocycles. The first-order chi connectivity index (χ1) is 10.3. The van der Waals surface area contributed by atoms with E-state index in [0.29, 0.717) is 6.61 Å². The van der Waals surface area contributed by atoms with Crippen molar-refractivity contribution in [1.82, 2.24) is 0 Å². The molecule has 22 heavy (non-hydrogen) atoms. The number of ether oxygens (including phenoxy) is 2. The fraction of sp³-hybridized carbons (Fsp3) is 0.556. The lowest BCUT2D eigenvalue weighted by atomic mass is 10.2. The summed E-state index contributed by atoms with van der Waals surface area (Å²) >= 11 is 0. The smallest absolute Gasteiger partial charge is 0.250 e. The van der Waals surface area contributed by atoms with E-state index in [4.69, 9.17) is 13.9 Å². The standard InChI is InChI=1S/C18H28O3Si/c1-18(2,3)22(4,5)21-16-11-9-15(10-12-16)20-14-17-8-6-7-13-19-17/h7,9-13,17H,6,8,14H2,1-5H3. The molecule has 0 saturated carbocycles. The van der Waals surface area contributed by atoms with Gasteiger partial charge in [-0.2, -0.15) is 0 Å². The largest absolute Gasteiger partial charge is 0.543 e. The predicted octanol–water partition coefficient (Wildman–Crippen LogP) is 5.14. The van der Waals surface area contributed by atoms with E-state index in [1.165, 1.54) is 0 Å². The van der Waals surface area contributed by atoms with Crippen molar-refractivity contribution >= 4 is 8.32 Å². The van der Waals surface area contributed by atoms with Gasteiger partial charge in [0.1, 0.15) is 24.2 Å². The predicted molar refractivity (Wildman–Crippen MR) is 93.0 cm³/mol. The first-order valence-electron chi connectivity index (χ1n) is 8.00. The lowest BCUT2D eigenvalue weighted by Crippen LogP contribution is -2.43. The van der Waals surface area contributed by atoms with Gasteiger partial charge in [0, 0.05) is 0 Å². The van der Waals surface area contributed by atoms with Crippen LogP contribution in [-0.4, -0.2) is 21.0 Å². The van der Waals surface area contributed by atoms with E-state index >= 15 is 0 Å². The third-order valence-corrected chi connectivity index (χ3v) is 8.82. The van der Waals surface area contributed by atoms with Gasteiger partial charge >= 0.3 is 0 Å². The Balaban J connectivity index is 1.89. The molecular formula is C18H28O3Si. The minimum atomic E-state index is -1.78. The highest BCUT2D eigenvalue weighted by Crippen LogP contribution is 2.37. The van der Waals surface area contributed by atoms with E-state index in [0.717, 1.165) is 24.3 Å². The summed E-state index contributed by atoms with van der Waals surface area (Å²) < 4.78 is 17.6. The van der Waals surface area contributed by atoms with E-state index in [1.807, 2.05) is 30.3 Å². The molecule has 1 aromatic rings. The Kier molecular flexibility index (Phi) is 5.22. The summed E-state index contributed by atoms with van der Waals surface area (Å²) in [4.78, 5) is 0. The second-order valence-electron chi connectivity index (χ2n) is 7.35. The average molecular weight is 321 g/mol. The zero-order valence-electron chi connectivity index (χ0n) is 14.4. The molecule has 0 aliphatic carbocycles. The SMILES string of the molecule is CC(C)(C)[Si](C)(C)Oc1ccc(OCC2CCC=CO2)cc1. The van der Waals surface area contributed by atoms with Crippen LogP contribution >= 0.6 is 0 Å². The van der Waals surface area contributed by atoms with Gasteiger partial charge in [0.25, 0.3) is 0 Å². The Morgan fingerprint density at radius 2 is 1.77 bits per heavy atom. The van der Waals surface area contributed by atoms with Gasteiger partial charge in [0.2, 0.25) is 8.32 Å². The Bertz CT molecular complexity index is 500. The number of rotatable bonds is 5. The van der Waals surface area contributed by atoms with Crippen LogP contribution in [0.1, 0.15) is 33.6 Å². The molecule has 1 atom stereocenters. The van der Waals surface area contributed by atoms with Crippen LogP contribution in [0.5, 0.6) is 11.5 Å². The van der Waals surface area contributed by atoms with Gasteiger partial charge in [-0.25, -0.2) is 0 Å². The monoisotopic (exact) mass is 320 g/mol. The van der Waals surface area contributed by atoms with Gasteiger partial charge in [0.05, 0.1) is 6.26 Å². The number of allylic oxidation sites excluding steroid dienone is 1. The van der Waals surface area contributed by atoms with Crippen molar-refractivity contribution in [2.45, 2.75) is 57.8 Å². The summed E-state index contributed by atoms with van der Waals surface area (Å²) in [7, 11) is -1.78. The second-order valence-corrected chi connectivity index (χ2v) is 12.1. The fourth-order valence-electron chi connectivity index (χ4n) is 1.95. The summed E-state index contributed by atoms with van der Waals surface area (Å²) in [5.41, 5.74) is 0. The molecule has 0 spiro atoms. The minimum Gasteiger partial charge on any atom is -0.543 e. The van der Waals surface area contributed by atoms with Crippen LogP contribution in [0.4, 0.5) is 0 Å². The van der Waals surface area contributed by atoms with E-state index in [-0.39, 0.29) is 11.1 Å². The van der Waals surface area contributed by atoms with Gasteiger partial charge < -0.3 is 13.9 Å². The average Bonchev–Trinajstić information content (AvgIpc) is 2.46. The Morgan fingerprint density at radius 1 is 1.14 bits per heavy atom. The zero-order chi connectivity index (χ0) is 16.2. The molecule has 1 aliphatic rings. The highest BCUT2D eigenvalue weighted by molar-refractivity contribution is 6.74. The second kappa shape index (κ2) is 6.78. The first-order valence-corrected chi connectivity index (χ1v) is 10.9. The molecule has 2 rings (SSSR count). The summed E-state index contributed by atoms with van der Waals surface area (Å²) in [6.07, 6.45) is 6.06. The number of hydrogen-bond acceptors (Lipinski definition) is 3. The Labute approximate surface area is 135 Å². The lowest BCUT2D eigenvalue weighted by molar-refractivity contribution is 0.0732. The Hall–Kier alpha value is -1.42. The van der Waals surface area contributed by atoms with Gasteiger partial charge in [-0.3, -0.25) is 0 Å². The zero-order valence-corrected chi connectivity index (χ0v) is 15.4. The van der Waals surface area contributed by atoms with Gasteiger partial charge in [-0.1, -0.05) is 20.8 Å². The maximum atomic E-state index is 6.27. The molecule has 3 nitrogen and oxygen atoms in total. The maximum Gasteiger partial charge on any atom is 0.250 e. The van der Waals surface area contributed by atoms with Gasteiger partial charge in [0.15, 0.2) is 0 Å². The van der Waals surface area contributed by atoms with E-state index in [1.54, 1.807) is 6.26 Å². The summed E-state index contributed by atoms with van der Waals surface area (Å²) in [5.74, 6) is 1.79. The third kappa shape index (κ3) is 4.53. The molecule has 122 valence electrons. The summed E-state index contributed by atoms with van der Waals surface area (Å²) in [6, 6.07) is 7.94. The Morgan fingerprint density at radius 3 is 2.32 bits per heavy atom. The molecule has 0 amide bonds. The molecule has 4 heteroatoms. The molecule has 0 fully saturated rings. The molecule has 0 radical (unpaired) electrons. The van der Waals surface area contributed by atoms with E-state index in [2.05, 4.69) is 33.9 Å².